The van der Waals surface area contributed by atoms with Crippen molar-refractivity contribution in [3.8, 4) is 11.5 Å². The van der Waals surface area contributed by atoms with E-state index in [4.69, 9.17) is 11.6 Å². The lowest BCUT2D eigenvalue weighted by Gasteiger charge is -2.47. The van der Waals surface area contributed by atoms with Crippen LogP contribution in [0, 0.1) is 23.6 Å². The number of aliphatic carboxylic acids is 1. The number of nitrogens with zero attached hydrogens (tertiary/aromatic N) is 6. The van der Waals surface area contributed by atoms with Gasteiger partial charge in [0, 0.05) is 38.4 Å². The van der Waals surface area contributed by atoms with Gasteiger partial charge in [-0.2, -0.15) is 9.49 Å². The van der Waals surface area contributed by atoms with Crippen LogP contribution in [0.15, 0.2) is 12.3 Å². The molecule has 10 nitrogen and oxygen atoms in total. The zero-order valence-corrected chi connectivity index (χ0v) is 20.7. The number of carbonyl (C=O) groups is 1. The molecule has 12 heteroatoms. The van der Waals surface area contributed by atoms with Crippen LogP contribution < -0.4 is 10.2 Å². The minimum Gasteiger partial charge on any atom is -0.481 e. The topological polar surface area (TPSA) is 123 Å². The van der Waals surface area contributed by atoms with Crippen LogP contribution in [0.25, 0.3) is 22.6 Å². The molecular formula is C24H28ClFN8O2. The van der Waals surface area contributed by atoms with Gasteiger partial charge in [0.25, 0.3) is 0 Å². The highest BCUT2D eigenvalue weighted by molar-refractivity contribution is 6.31. The molecule has 0 amide bonds. The van der Waals surface area contributed by atoms with Gasteiger partial charge in [-0.25, -0.2) is 15.0 Å². The molecule has 0 aromatic carbocycles. The minimum absolute atomic E-state index is 0.0236. The number of carboxylic acids is 1. The van der Waals surface area contributed by atoms with Crippen LogP contribution >= 0.6 is 11.6 Å². The lowest BCUT2D eigenvalue weighted by Crippen LogP contribution is -2.51. The van der Waals surface area contributed by atoms with E-state index in [2.05, 4.69) is 35.4 Å². The molecule has 36 heavy (non-hydrogen) atoms. The molecule has 3 aliphatic carbocycles. The molecule has 3 N–H and O–H groups in total. The van der Waals surface area contributed by atoms with Gasteiger partial charge < -0.3 is 20.2 Å². The van der Waals surface area contributed by atoms with Crippen LogP contribution in [0.5, 0.6) is 0 Å². The van der Waals surface area contributed by atoms with E-state index >= 15 is 4.39 Å². The second kappa shape index (κ2) is 9.11. The van der Waals surface area contributed by atoms with E-state index < -0.39 is 17.7 Å². The van der Waals surface area contributed by atoms with Crippen molar-refractivity contribution in [2.45, 2.75) is 31.7 Å². The molecule has 2 unspecified atom stereocenters. The van der Waals surface area contributed by atoms with Gasteiger partial charge in [-0.1, -0.05) is 11.6 Å². The summed E-state index contributed by atoms with van der Waals surface area (Å²) < 4.78 is 16.0. The van der Waals surface area contributed by atoms with Crippen LogP contribution in [0.2, 0.25) is 5.02 Å². The molecular weight excluding hydrogens is 487 g/mol. The van der Waals surface area contributed by atoms with Crippen molar-refractivity contribution >= 4 is 40.2 Å². The maximum atomic E-state index is 16.0. The Labute approximate surface area is 212 Å². The highest BCUT2D eigenvalue weighted by Gasteiger charge is 2.47. The number of hydrogen-bond acceptors (Lipinski definition) is 8. The molecule has 1 aliphatic heterocycles. The summed E-state index contributed by atoms with van der Waals surface area (Å²) in [6.45, 7) is 2.79. The number of piperazine rings is 1. The molecule has 0 spiro atoms. The third-order valence-corrected chi connectivity index (χ3v) is 8.25. The number of carboxylic acid groups (broad SMARTS) is 1. The van der Waals surface area contributed by atoms with Gasteiger partial charge in [-0.05, 0) is 50.6 Å². The highest BCUT2D eigenvalue weighted by atomic mass is 35.5. The molecule has 190 valence electrons. The zero-order chi connectivity index (χ0) is 25.0. The Kier molecular flexibility index (Phi) is 5.91. The first-order valence-corrected chi connectivity index (χ1v) is 12.8. The molecule has 1 saturated heterocycles. The molecule has 3 saturated carbocycles. The SMILES string of the molecule is CN1CCN(c2nc(-c3[nH]nc4ncc(Cl)cc34)nc(NC3C4CCC(CC4)C3C(=O)O)c2F)CC1. The van der Waals surface area contributed by atoms with E-state index in [1.165, 1.54) is 6.20 Å². The number of nitrogens with one attached hydrogen (secondary N) is 2. The number of fused-ring (bicyclic) bond motifs is 4. The van der Waals surface area contributed by atoms with E-state index in [1.54, 1.807) is 6.07 Å². The number of rotatable bonds is 5. The van der Waals surface area contributed by atoms with Crippen molar-refractivity contribution in [3.63, 3.8) is 0 Å². The average molecular weight is 515 g/mol. The van der Waals surface area contributed by atoms with Gasteiger partial charge in [0.2, 0.25) is 5.82 Å². The van der Waals surface area contributed by atoms with E-state index in [-0.39, 0.29) is 35.3 Å². The summed E-state index contributed by atoms with van der Waals surface area (Å²) in [6, 6.07) is 1.33. The van der Waals surface area contributed by atoms with Crippen molar-refractivity contribution in [3.05, 3.63) is 23.1 Å². The number of aromatic nitrogens is 5. The standard InChI is InChI=1S/C24H28ClFN8O2/c1-33-6-8-34(9-7-33)23-17(26)21(28-18-13-4-2-12(3-5-13)16(18)24(35)36)29-22(30-23)19-15-10-14(25)11-27-20(15)32-31-19/h10-13,16,18H,2-9H2,1H3,(H,35,36)(H,27,31,32)(H,28,29,30). The molecule has 2 atom stereocenters. The normalized spacial score (nSPS) is 26.5. The molecule has 2 bridgehead atoms. The zero-order valence-electron chi connectivity index (χ0n) is 19.9. The number of halogens is 2. The number of H-pyrrole nitrogens is 1. The number of hydrogen-bond donors (Lipinski definition) is 3. The third-order valence-electron chi connectivity index (χ3n) is 8.04. The first-order chi connectivity index (χ1) is 17.4. The number of pyridine rings is 1. The summed E-state index contributed by atoms with van der Waals surface area (Å²) in [5.74, 6) is -1.24. The predicted octanol–water partition coefficient (Wildman–Crippen LogP) is 3.26. The fourth-order valence-corrected chi connectivity index (χ4v) is 6.24. The largest absolute Gasteiger partial charge is 0.481 e. The monoisotopic (exact) mass is 514 g/mol. The van der Waals surface area contributed by atoms with Gasteiger partial charge in [0.15, 0.2) is 23.1 Å². The van der Waals surface area contributed by atoms with Gasteiger partial charge >= 0.3 is 5.97 Å². The molecule has 3 aromatic heterocycles. The van der Waals surface area contributed by atoms with Crippen LogP contribution in [0.4, 0.5) is 16.0 Å². The number of anilines is 2. The van der Waals surface area contributed by atoms with Gasteiger partial charge in [0.1, 0.15) is 5.69 Å². The minimum atomic E-state index is -0.837. The Morgan fingerprint density at radius 1 is 1.17 bits per heavy atom. The summed E-state index contributed by atoms with van der Waals surface area (Å²) in [6.07, 6.45) is 5.18. The number of aromatic amines is 1. The summed E-state index contributed by atoms with van der Waals surface area (Å²) in [5.41, 5.74) is 0.937. The second-order valence-electron chi connectivity index (χ2n) is 10.2. The first-order valence-electron chi connectivity index (χ1n) is 12.4. The number of likely N-dealkylation sites (N-methyl/N-ethyl adjacent to an activating group) is 1. The van der Waals surface area contributed by atoms with Gasteiger partial charge in [-0.3, -0.25) is 9.89 Å². The molecule has 3 aromatic rings. The quantitative estimate of drug-likeness (QED) is 0.470. The predicted molar refractivity (Wildman–Crippen MR) is 134 cm³/mol. The van der Waals surface area contributed by atoms with Crippen molar-refractivity contribution in [1.82, 2.24) is 30.0 Å². The molecule has 0 radical (unpaired) electrons. The van der Waals surface area contributed by atoms with Crippen molar-refractivity contribution < 1.29 is 14.3 Å². The van der Waals surface area contributed by atoms with E-state index in [1.807, 2.05) is 11.9 Å². The Morgan fingerprint density at radius 3 is 2.61 bits per heavy atom. The summed E-state index contributed by atoms with van der Waals surface area (Å²) in [7, 11) is 2.03. The second-order valence-corrected chi connectivity index (χ2v) is 10.6. The smallest absolute Gasteiger partial charge is 0.308 e. The lowest BCUT2D eigenvalue weighted by molar-refractivity contribution is -0.148. The third kappa shape index (κ3) is 4.03. The van der Waals surface area contributed by atoms with Crippen molar-refractivity contribution in [1.29, 1.82) is 0 Å². The van der Waals surface area contributed by atoms with E-state index in [9.17, 15) is 9.90 Å². The maximum absolute atomic E-state index is 16.0. The van der Waals surface area contributed by atoms with E-state index in [0.717, 1.165) is 38.8 Å². The highest BCUT2D eigenvalue weighted by Crippen LogP contribution is 2.46. The molecule has 4 aliphatic rings. The fourth-order valence-electron chi connectivity index (χ4n) is 6.09. The fraction of sp³-hybridized carbons (Fsp3) is 0.542. The first kappa shape index (κ1) is 23.4. The van der Waals surface area contributed by atoms with Crippen LogP contribution in [-0.2, 0) is 4.79 Å². The Bertz CT molecular complexity index is 1300. The molecule has 4 fully saturated rings. The van der Waals surface area contributed by atoms with E-state index in [0.29, 0.717) is 34.8 Å². The summed E-state index contributed by atoms with van der Waals surface area (Å²) >= 11 is 6.18. The molecule has 7 rings (SSSR count). The average Bonchev–Trinajstić information content (AvgIpc) is 3.29. The van der Waals surface area contributed by atoms with Crippen LogP contribution in [0.1, 0.15) is 25.7 Å². The Balaban J connectivity index is 1.45. The Morgan fingerprint density at radius 2 is 1.89 bits per heavy atom. The summed E-state index contributed by atoms with van der Waals surface area (Å²) in [4.78, 5) is 29.7. The van der Waals surface area contributed by atoms with Crippen LogP contribution in [0.3, 0.4) is 0 Å². The van der Waals surface area contributed by atoms with Gasteiger partial charge in [0.05, 0.1) is 16.3 Å². The van der Waals surface area contributed by atoms with Gasteiger partial charge in [-0.15, -0.1) is 0 Å². The maximum Gasteiger partial charge on any atom is 0.308 e. The summed E-state index contributed by atoms with van der Waals surface area (Å²) in [5, 5.41) is 21.5. The lowest BCUT2D eigenvalue weighted by atomic mass is 9.61. The van der Waals surface area contributed by atoms with Crippen LogP contribution in [-0.4, -0.2) is 80.4 Å². The van der Waals surface area contributed by atoms with Crippen molar-refractivity contribution in [2.75, 3.05) is 43.4 Å². The molecule has 4 heterocycles. The van der Waals surface area contributed by atoms with Crippen molar-refractivity contribution in [2.24, 2.45) is 17.8 Å². The Hall–Kier alpha value is -3.05.